The lowest BCUT2D eigenvalue weighted by molar-refractivity contribution is -0.0282. The fourth-order valence-corrected chi connectivity index (χ4v) is 4.52. The van der Waals surface area contributed by atoms with Crippen LogP contribution >= 0.6 is 11.6 Å². The molecule has 2 atom stereocenters. The third-order valence-corrected chi connectivity index (χ3v) is 6.38. The first-order chi connectivity index (χ1) is 17.0. The van der Waals surface area contributed by atoms with Gasteiger partial charge in [-0.15, -0.1) is 0 Å². The minimum absolute atomic E-state index is 0.00793. The Morgan fingerprint density at radius 1 is 1.20 bits per heavy atom. The van der Waals surface area contributed by atoms with Crippen molar-refractivity contribution in [2.75, 3.05) is 26.1 Å². The molecule has 0 radical (unpaired) electrons. The molecule has 2 aromatic heterocycles. The summed E-state index contributed by atoms with van der Waals surface area (Å²) in [6, 6.07) is 11.8. The average Bonchev–Trinajstić information content (AvgIpc) is 3.30. The molecule has 2 aromatic carbocycles. The zero-order valence-corrected chi connectivity index (χ0v) is 19.7. The fourth-order valence-electron chi connectivity index (χ4n) is 4.30. The molecule has 0 saturated carbocycles. The highest BCUT2D eigenvalue weighted by atomic mass is 35.5. The van der Waals surface area contributed by atoms with Crippen molar-refractivity contribution in [1.82, 2.24) is 14.4 Å². The number of nitrogen functional groups attached to an aromatic ring is 1. The first-order valence-corrected chi connectivity index (χ1v) is 11.5. The Morgan fingerprint density at radius 3 is 2.66 bits per heavy atom. The van der Waals surface area contributed by atoms with Crippen LogP contribution in [0.15, 0.2) is 48.7 Å². The van der Waals surface area contributed by atoms with Crippen molar-refractivity contribution in [2.24, 2.45) is 0 Å². The molecule has 0 amide bonds. The molecule has 3 N–H and O–H groups in total. The smallest absolute Gasteiger partial charge is 0.207 e. The quantitative estimate of drug-likeness (QED) is 0.392. The Kier molecular flexibility index (Phi) is 6.46. The van der Waals surface area contributed by atoms with Gasteiger partial charge in [-0.25, -0.2) is 9.97 Å². The van der Waals surface area contributed by atoms with Crippen LogP contribution in [0.3, 0.4) is 0 Å². The number of aromatic nitrogens is 3. The minimum atomic E-state index is -0.574. The summed E-state index contributed by atoms with van der Waals surface area (Å²) in [6.07, 6.45) is 2.84. The van der Waals surface area contributed by atoms with Crippen LogP contribution in [0.4, 0.5) is 10.2 Å². The Bertz CT molecular complexity index is 1350. The number of rotatable bonds is 6. The number of ether oxygens (including phenoxy) is 3. The molecular weight excluding hydrogens is 475 g/mol. The molecule has 1 saturated heterocycles. The van der Waals surface area contributed by atoms with E-state index < -0.39 is 5.82 Å². The van der Waals surface area contributed by atoms with Crippen molar-refractivity contribution in [3.05, 3.63) is 65.5 Å². The van der Waals surface area contributed by atoms with Crippen molar-refractivity contribution in [1.29, 1.82) is 0 Å². The van der Waals surface area contributed by atoms with E-state index in [4.69, 9.17) is 36.5 Å². The van der Waals surface area contributed by atoms with Crippen molar-refractivity contribution < 1.29 is 23.7 Å². The van der Waals surface area contributed by atoms with Crippen LogP contribution in [0.1, 0.15) is 24.6 Å². The van der Waals surface area contributed by atoms with E-state index in [-0.39, 0.29) is 30.1 Å². The predicted octanol–water partition coefficient (Wildman–Crippen LogP) is 4.83. The van der Waals surface area contributed by atoms with Gasteiger partial charge in [0.15, 0.2) is 11.5 Å². The molecule has 5 rings (SSSR count). The van der Waals surface area contributed by atoms with Crippen LogP contribution < -0.4 is 15.2 Å². The summed E-state index contributed by atoms with van der Waals surface area (Å²) in [5, 5.41) is 9.77. The van der Waals surface area contributed by atoms with E-state index in [1.807, 2.05) is 16.5 Å². The maximum Gasteiger partial charge on any atom is 0.207 e. The lowest BCUT2D eigenvalue weighted by Gasteiger charge is -2.27. The molecule has 182 valence electrons. The molecule has 2 unspecified atom stereocenters. The number of halogens is 2. The van der Waals surface area contributed by atoms with Gasteiger partial charge in [-0.2, -0.15) is 4.39 Å². The van der Waals surface area contributed by atoms with Crippen molar-refractivity contribution >= 4 is 22.9 Å². The number of nitrogens with two attached hydrogens (primary N) is 1. The molecule has 1 aliphatic heterocycles. The van der Waals surface area contributed by atoms with E-state index in [9.17, 15) is 9.50 Å². The second kappa shape index (κ2) is 9.69. The van der Waals surface area contributed by atoms with E-state index in [1.54, 1.807) is 18.2 Å². The van der Waals surface area contributed by atoms with E-state index >= 15 is 0 Å². The molecule has 0 bridgehead atoms. The molecule has 10 heteroatoms. The van der Waals surface area contributed by atoms with Gasteiger partial charge in [0.1, 0.15) is 33.8 Å². The maximum atomic E-state index is 14.5. The number of hydrogen-bond donors (Lipinski definition) is 2. The van der Waals surface area contributed by atoms with E-state index in [0.29, 0.717) is 34.5 Å². The number of methoxy groups -OCH3 is 1. The second-order valence-electron chi connectivity index (χ2n) is 8.28. The molecule has 8 nitrogen and oxygen atoms in total. The van der Waals surface area contributed by atoms with Crippen LogP contribution in [0, 0.1) is 5.82 Å². The molecule has 1 aliphatic rings. The largest absolute Gasteiger partial charge is 0.494 e. The highest BCUT2D eigenvalue weighted by molar-refractivity contribution is 6.29. The number of imidazole rings is 1. The van der Waals surface area contributed by atoms with Gasteiger partial charge in [0.25, 0.3) is 0 Å². The third kappa shape index (κ3) is 4.38. The van der Waals surface area contributed by atoms with Gasteiger partial charge in [-0.3, -0.25) is 4.40 Å². The Morgan fingerprint density at radius 2 is 1.97 bits per heavy atom. The summed E-state index contributed by atoms with van der Waals surface area (Å²) in [4.78, 5) is 9.12. The number of fused-ring (bicyclic) bond motifs is 1. The number of nitrogens with zero attached hydrogens (tertiary/aromatic N) is 3. The summed E-state index contributed by atoms with van der Waals surface area (Å²) >= 11 is 6.52. The zero-order valence-electron chi connectivity index (χ0n) is 18.9. The van der Waals surface area contributed by atoms with Crippen LogP contribution in [0.5, 0.6) is 17.2 Å². The van der Waals surface area contributed by atoms with Gasteiger partial charge in [0, 0.05) is 11.5 Å². The van der Waals surface area contributed by atoms with E-state index in [2.05, 4.69) is 4.98 Å². The molecular formula is C25H24ClFN4O4. The molecule has 1 fully saturated rings. The predicted molar refractivity (Wildman–Crippen MR) is 130 cm³/mol. The normalized spacial score (nSPS) is 18.1. The van der Waals surface area contributed by atoms with Crippen molar-refractivity contribution in [3.8, 4) is 28.5 Å². The summed E-state index contributed by atoms with van der Waals surface area (Å²) in [5.74, 6) is 1.05. The first kappa shape index (κ1) is 23.3. The van der Waals surface area contributed by atoms with Gasteiger partial charge >= 0.3 is 0 Å². The third-order valence-electron chi connectivity index (χ3n) is 6.11. The fraction of sp³-hybridized carbons (Fsp3) is 0.280. The number of hydrogen-bond acceptors (Lipinski definition) is 7. The van der Waals surface area contributed by atoms with Gasteiger partial charge in [-0.05, 0) is 49.2 Å². The average molecular weight is 499 g/mol. The highest BCUT2D eigenvalue weighted by Crippen LogP contribution is 2.37. The number of aliphatic hydroxyl groups excluding tert-OH is 1. The molecule has 3 heterocycles. The maximum absolute atomic E-state index is 14.5. The number of anilines is 1. The van der Waals surface area contributed by atoms with Gasteiger partial charge in [0.05, 0.1) is 32.6 Å². The standard InChI is InChI=1S/C25H24ClFN4O4/c1-33-18-3-2-4-19(21(18)27)35-16-8-5-14(6-9-16)22-23-24(28)29-11-20(26)31(23)25(30-22)15-7-10-17(12-32)34-13-15/h2-6,8-9,11,15,17,32H,7,10,12-13H2,1H3,(H2,28,29). The highest BCUT2D eigenvalue weighted by Gasteiger charge is 2.29. The number of aliphatic hydroxyl groups is 1. The molecule has 35 heavy (non-hydrogen) atoms. The molecule has 0 aliphatic carbocycles. The summed E-state index contributed by atoms with van der Waals surface area (Å²) in [5.41, 5.74) is 8.25. The lowest BCUT2D eigenvalue weighted by Crippen LogP contribution is -2.28. The lowest BCUT2D eigenvalue weighted by atomic mass is 9.98. The van der Waals surface area contributed by atoms with Crippen LogP contribution in [-0.2, 0) is 4.74 Å². The topological polar surface area (TPSA) is 104 Å². The Hall–Kier alpha value is -3.40. The van der Waals surface area contributed by atoms with Crippen molar-refractivity contribution in [3.63, 3.8) is 0 Å². The minimum Gasteiger partial charge on any atom is -0.494 e. The second-order valence-corrected chi connectivity index (χ2v) is 8.67. The van der Waals surface area contributed by atoms with Crippen LogP contribution in [-0.4, -0.2) is 45.9 Å². The van der Waals surface area contributed by atoms with Crippen LogP contribution in [0.2, 0.25) is 5.15 Å². The van der Waals surface area contributed by atoms with Gasteiger partial charge in [-0.1, -0.05) is 17.7 Å². The summed E-state index contributed by atoms with van der Waals surface area (Å²) < 4.78 is 32.8. The van der Waals surface area contributed by atoms with Gasteiger partial charge in [0.2, 0.25) is 5.82 Å². The van der Waals surface area contributed by atoms with Crippen molar-refractivity contribution in [2.45, 2.75) is 24.9 Å². The number of benzene rings is 2. The zero-order chi connectivity index (χ0) is 24.5. The van der Waals surface area contributed by atoms with E-state index in [0.717, 1.165) is 24.2 Å². The Balaban J connectivity index is 1.50. The summed E-state index contributed by atoms with van der Waals surface area (Å²) in [6.45, 7) is 0.410. The molecule has 4 aromatic rings. The van der Waals surface area contributed by atoms with Gasteiger partial charge < -0.3 is 25.1 Å². The Labute approximate surface area is 206 Å². The van der Waals surface area contributed by atoms with Crippen LogP contribution in [0.25, 0.3) is 16.8 Å². The monoisotopic (exact) mass is 498 g/mol. The molecule has 0 spiro atoms. The summed E-state index contributed by atoms with van der Waals surface area (Å²) in [7, 11) is 1.40. The first-order valence-electron chi connectivity index (χ1n) is 11.2. The van der Waals surface area contributed by atoms with E-state index in [1.165, 1.54) is 25.4 Å². The SMILES string of the molecule is COc1cccc(Oc2ccc(-c3nc(C4CCC(CO)OC4)n4c(Cl)cnc(N)c34)cc2)c1F.